The van der Waals surface area contributed by atoms with E-state index in [1.54, 1.807) is 24.3 Å². The Hall–Kier alpha value is -1.24. The normalized spacial score (nSPS) is 11.2. The average Bonchev–Trinajstić information content (AvgIpc) is 2.38. The van der Waals surface area contributed by atoms with Crippen LogP contribution in [-0.4, -0.2) is 22.5 Å². The predicted octanol–water partition coefficient (Wildman–Crippen LogP) is 3.97. The van der Waals surface area contributed by atoms with Crippen LogP contribution in [0.3, 0.4) is 0 Å². The lowest BCUT2D eigenvalue weighted by Gasteiger charge is -2.14. The van der Waals surface area contributed by atoms with Gasteiger partial charge in [-0.05, 0) is 42.5 Å². The van der Waals surface area contributed by atoms with Gasteiger partial charge in [0, 0.05) is 29.9 Å². The summed E-state index contributed by atoms with van der Waals surface area (Å²) in [5.74, 6) is 0. The monoisotopic (exact) mass is 388 g/mol. The summed E-state index contributed by atoms with van der Waals surface area (Å²) in [5.41, 5.74) is 1.47. The zero-order valence-electron chi connectivity index (χ0n) is 11.5. The Balaban J connectivity index is 2.28. The number of hydrogen-bond donors (Lipinski definition) is 1. The van der Waals surface area contributed by atoms with E-state index in [0.29, 0.717) is 5.69 Å². The summed E-state index contributed by atoms with van der Waals surface area (Å²) in [4.78, 5) is 1.98. The molecule has 0 atom stereocenters. The van der Waals surface area contributed by atoms with E-state index in [9.17, 15) is 8.42 Å². The van der Waals surface area contributed by atoms with Crippen molar-refractivity contribution in [1.82, 2.24) is 0 Å². The minimum absolute atomic E-state index is 0.0454. The Bertz CT molecular complexity index is 746. The number of rotatable bonds is 4. The van der Waals surface area contributed by atoms with Crippen LogP contribution in [0.1, 0.15) is 0 Å². The molecule has 0 aromatic heterocycles. The lowest BCUT2D eigenvalue weighted by Crippen LogP contribution is -2.14. The van der Waals surface area contributed by atoms with Crippen molar-refractivity contribution < 1.29 is 8.42 Å². The van der Waals surface area contributed by atoms with E-state index in [1.165, 1.54) is 6.07 Å². The van der Waals surface area contributed by atoms with E-state index < -0.39 is 10.0 Å². The zero-order chi connectivity index (χ0) is 15.6. The molecule has 0 saturated carbocycles. The summed E-state index contributed by atoms with van der Waals surface area (Å²) in [6, 6.07) is 11.7. The molecule has 0 aliphatic heterocycles. The molecule has 0 amide bonds. The molecule has 0 radical (unpaired) electrons. The summed E-state index contributed by atoms with van der Waals surface area (Å²) in [7, 11) is 0.125. The standard InChI is InChI=1S/C14H14BrClN2O2S/c1-18(2)12-6-4-11(5-7-12)17-21(19,20)14-8-3-10(15)9-13(14)16/h3-9,17H,1-2H3. The van der Waals surface area contributed by atoms with Crippen LogP contribution in [0.5, 0.6) is 0 Å². The van der Waals surface area contributed by atoms with Crippen molar-refractivity contribution in [3.05, 3.63) is 52.0 Å². The van der Waals surface area contributed by atoms with Crippen molar-refractivity contribution in [3.8, 4) is 0 Å². The Morgan fingerprint density at radius 3 is 2.24 bits per heavy atom. The van der Waals surface area contributed by atoms with Gasteiger partial charge in [0.15, 0.2) is 0 Å². The molecular weight excluding hydrogens is 376 g/mol. The van der Waals surface area contributed by atoms with Crippen molar-refractivity contribution >= 4 is 48.9 Å². The van der Waals surface area contributed by atoms with E-state index in [-0.39, 0.29) is 9.92 Å². The molecule has 0 saturated heterocycles. The fourth-order valence-corrected chi connectivity index (χ4v) is 3.83. The lowest BCUT2D eigenvalue weighted by atomic mass is 10.3. The molecule has 0 spiro atoms. The van der Waals surface area contributed by atoms with Gasteiger partial charge in [0.25, 0.3) is 10.0 Å². The number of anilines is 2. The van der Waals surface area contributed by atoms with Crippen LogP contribution in [-0.2, 0) is 10.0 Å². The SMILES string of the molecule is CN(C)c1ccc(NS(=O)(=O)c2ccc(Br)cc2Cl)cc1. The van der Waals surface area contributed by atoms with Crippen molar-refractivity contribution in [1.29, 1.82) is 0 Å². The fourth-order valence-electron chi connectivity index (χ4n) is 1.73. The highest BCUT2D eigenvalue weighted by Crippen LogP contribution is 2.27. The van der Waals surface area contributed by atoms with Gasteiger partial charge >= 0.3 is 0 Å². The molecule has 7 heteroatoms. The van der Waals surface area contributed by atoms with Gasteiger partial charge in [-0.2, -0.15) is 0 Å². The van der Waals surface area contributed by atoms with Gasteiger partial charge < -0.3 is 4.90 Å². The van der Waals surface area contributed by atoms with Crippen LogP contribution in [0.2, 0.25) is 5.02 Å². The largest absolute Gasteiger partial charge is 0.378 e. The van der Waals surface area contributed by atoms with Gasteiger partial charge in [-0.1, -0.05) is 27.5 Å². The van der Waals surface area contributed by atoms with Gasteiger partial charge in [-0.15, -0.1) is 0 Å². The van der Waals surface area contributed by atoms with Crippen LogP contribution >= 0.6 is 27.5 Å². The highest BCUT2D eigenvalue weighted by Gasteiger charge is 2.18. The van der Waals surface area contributed by atoms with Gasteiger partial charge in [-0.3, -0.25) is 4.72 Å². The van der Waals surface area contributed by atoms with Gasteiger partial charge in [0.1, 0.15) is 4.90 Å². The molecule has 2 rings (SSSR count). The number of hydrogen-bond acceptors (Lipinski definition) is 3. The Morgan fingerprint density at radius 2 is 1.71 bits per heavy atom. The van der Waals surface area contributed by atoms with E-state index in [4.69, 9.17) is 11.6 Å². The molecule has 2 aromatic rings. The molecule has 112 valence electrons. The summed E-state index contributed by atoms with van der Waals surface area (Å²) < 4.78 is 27.9. The van der Waals surface area contributed by atoms with Crippen LogP contribution in [0.15, 0.2) is 51.8 Å². The second-order valence-corrected chi connectivity index (χ2v) is 7.60. The number of nitrogens with one attached hydrogen (secondary N) is 1. The van der Waals surface area contributed by atoms with Crippen LogP contribution in [0.25, 0.3) is 0 Å². The van der Waals surface area contributed by atoms with E-state index in [0.717, 1.165) is 10.2 Å². The summed E-state index contributed by atoms with van der Waals surface area (Å²) in [6.45, 7) is 0. The first-order chi connectivity index (χ1) is 9.79. The summed E-state index contributed by atoms with van der Waals surface area (Å²) >= 11 is 9.24. The maximum atomic E-state index is 12.3. The average molecular weight is 390 g/mol. The molecular formula is C14H14BrClN2O2S. The fraction of sp³-hybridized carbons (Fsp3) is 0.143. The summed E-state index contributed by atoms with van der Waals surface area (Å²) in [5, 5.41) is 0.168. The second-order valence-electron chi connectivity index (χ2n) is 4.62. The van der Waals surface area contributed by atoms with Gasteiger partial charge in [0.2, 0.25) is 0 Å². The maximum absolute atomic E-state index is 12.3. The molecule has 4 nitrogen and oxygen atoms in total. The first-order valence-electron chi connectivity index (χ1n) is 6.05. The molecule has 0 fully saturated rings. The van der Waals surface area contributed by atoms with Crippen LogP contribution in [0.4, 0.5) is 11.4 Å². The number of sulfonamides is 1. The molecule has 0 bridgehead atoms. The van der Waals surface area contributed by atoms with Gasteiger partial charge in [-0.25, -0.2) is 8.42 Å². The van der Waals surface area contributed by atoms with Gasteiger partial charge in [0.05, 0.1) is 5.02 Å². The number of halogens is 2. The topological polar surface area (TPSA) is 49.4 Å². The minimum atomic E-state index is -3.71. The molecule has 21 heavy (non-hydrogen) atoms. The Morgan fingerprint density at radius 1 is 1.10 bits per heavy atom. The number of nitrogens with zero attached hydrogens (tertiary/aromatic N) is 1. The van der Waals surface area contributed by atoms with Crippen molar-refractivity contribution in [3.63, 3.8) is 0 Å². The maximum Gasteiger partial charge on any atom is 0.263 e. The predicted molar refractivity (Wildman–Crippen MR) is 90.7 cm³/mol. The Kier molecular flexibility index (Phi) is 4.81. The molecule has 0 heterocycles. The molecule has 1 N–H and O–H groups in total. The van der Waals surface area contributed by atoms with E-state index >= 15 is 0 Å². The highest BCUT2D eigenvalue weighted by atomic mass is 79.9. The number of benzene rings is 2. The van der Waals surface area contributed by atoms with Crippen molar-refractivity contribution in [2.45, 2.75) is 4.90 Å². The van der Waals surface area contributed by atoms with Crippen LogP contribution in [0, 0.1) is 0 Å². The first-order valence-corrected chi connectivity index (χ1v) is 8.70. The quantitative estimate of drug-likeness (QED) is 0.861. The van der Waals surface area contributed by atoms with E-state index in [2.05, 4.69) is 20.7 Å². The molecule has 0 aliphatic carbocycles. The van der Waals surface area contributed by atoms with Crippen molar-refractivity contribution in [2.24, 2.45) is 0 Å². The smallest absolute Gasteiger partial charge is 0.263 e. The molecule has 0 aliphatic rings. The Labute approximate surface area is 137 Å². The van der Waals surface area contributed by atoms with E-state index in [1.807, 2.05) is 31.1 Å². The molecule has 0 unspecified atom stereocenters. The first kappa shape index (κ1) is 16.1. The minimum Gasteiger partial charge on any atom is -0.378 e. The third kappa shape index (κ3) is 3.90. The third-order valence-corrected chi connectivity index (χ3v) is 5.18. The third-order valence-electron chi connectivity index (χ3n) is 2.82. The highest BCUT2D eigenvalue weighted by molar-refractivity contribution is 9.10. The van der Waals surface area contributed by atoms with Crippen LogP contribution < -0.4 is 9.62 Å². The zero-order valence-corrected chi connectivity index (χ0v) is 14.6. The molecule has 2 aromatic carbocycles. The van der Waals surface area contributed by atoms with Crippen molar-refractivity contribution in [2.75, 3.05) is 23.7 Å². The summed E-state index contributed by atoms with van der Waals surface area (Å²) in [6.07, 6.45) is 0. The lowest BCUT2D eigenvalue weighted by molar-refractivity contribution is 0.601. The second kappa shape index (κ2) is 6.25.